The molecule has 1 aromatic heterocycles. The molecule has 6 nitrogen and oxygen atoms in total. The molecule has 162 valence electrons. The predicted molar refractivity (Wildman–Crippen MR) is 111 cm³/mol. The molecule has 2 aromatic rings. The van der Waals surface area contributed by atoms with Gasteiger partial charge in [0.1, 0.15) is 5.82 Å². The van der Waals surface area contributed by atoms with E-state index in [2.05, 4.69) is 4.98 Å². The summed E-state index contributed by atoms with van der Waals surface area (Å²) in [6, 6.07) is 4.24. The molecule has 0 saturated heterocycles. The third-order valence-electron chi connectivity index (χ3n) is 4.40. The number of esters is 2. The van der Waals surface area contributed by atoms with E-state index in [1.807, 2.05) is 0 Å². The number of methoxy groups -OCH3 is 2. The van der Waals surface area contributed by atoms with Crippen molar-refractivity contribution < 1.29 is 28.2 Å². The number of rotatable bonds is 5. The van der Waals surface area contributed by atoms with Gasteiger partial charge in [0.15, 0.2) is 11.8 Å². The highest BCUT2D eigenvalue weighted by Gasteiger charge is 2.34. The SMILES string of the molecule is COC(=O)c1nc(C)c(C(OC(C)(C)C)C(=O)OC)c(-c2ccc(Cl)c(F)c2)c1C. The summed E-state index contributed by atoms with van der Waals surface area (Å²) in [6.45, 7) is 8.67. The maximum atomic E-state index is 14.3. The summed E-state index contributed by atoms with van der Waals surface area (Å²) in [4.78, 5) is 29.3. The molecule has 0 saturated carbocycles. The van der Waals surface area contributed by atoms with E-state index in [9.17, 15) is 14.0 Å². The number of ether oxygens (including phenoxy) is 3. The Morgan fingerprint density at radius 2 is 1.77 bits per heavy atom. The Balaban J connectivity index is 2.93. The van der Waals surface area contributed by atoms with Gasteiger partial charge in [0.25, 0.3) is 0 Å². The van der Waals surface area contributed by atoms with E-state index in [4.69, 9.17) is 25.8 Å². The average molecular weight is 438 g/mol. The minimum atomic E-state index is -1.15. The second-order valence-corrected chi connectivity index (χ2v) is 8.12. The van der Waals surface area contributed by atoms with Crippen LogP contribution in [-0.4, -0.2) is 36.7 Å². The molecule has 1 unspecified atom stereocenters. The van der Waals surface area contributed by atoms with Crippen LogP contribution in [0.5, 0.6) is 0 Å². The summed E-state index contributed by atoms with van der Waals surface area (Å²) in [6.07, 6.45) is -1.15. The van der Waals surface area contributed by atoms with Gasteiger partial charge in [0.2, 0.25) is 0 Å². The quantitative estimate of drug-likeness (QED) is 0.614. The molecular formula is C22H25ClFNO5. The zero-order valence-electron chi connectivity index (χ0n) is 18.1. The highest BCUT2D eigenvalue weighted by molar-refractivity contribution is 6.30. The van der Waals surface area contributed by atoms with E-state index in [-0.39, 0.29) is 10.7 Å². The molecule has 0 fully saturated rings. The van der Waals surface area contributed by atoms with Gasteiger partial charge < -0.3 is 14.2 Å². The van der Waals surface area contributed by atoms with E-state index in [0.717, 1.165) is 0 Å². The van der Waals surface area contributed by atoms with Gasteiger partial charge in [-0.2, -0.15) is 0 Å². The number of pyridine rings is 1. The molecule has 30 heavy (non-hydrogen) atoms. The van der Waals surface area contributed by atoms with Crippen LogP contribution < -0.4 is 0 Å². The Kier molecular flexibility index (Phi) is 7.21. The second kappa shape index (κ2) is 9.10. The van der Waals surface area contributed by atoms with Gasteiger partial charge in [-0.3, -0.25) is 0 Å². The van der Waals surface area contributed by atoms with E-state index < -0.39 is 29.5 Å². The largest absolute Gasteiger partial charge is 0.467 e. The van der Waals surface area contributed by atoms with Crippen molar-refractivity contribution in [3.63, 3.8) is 0 Å². The Bertz CT molecular complexity index is 984. The molecule has 0 N–H and O–H groups in total. The van der Waals surface area contributed by atoms with Gasteiger partial charge in [-0.25, -0.2) is 19.0 Å². The molecular weight excluding hydrogens is 413 g/mol. The molecule has 0 bridgehead atoms. The van der Waals surface area contributed by atoms with E-state index in [1.165, 1.54) is 26.4 Å². The zero-order chi connectivity index (χ0) is 22.8. The second-order valence-electron chi connectivity index (χ2n) is 7.71. The first kappa shape index (κ1) is 23.8. The fraction of sp³-hybridized carbons (Fsp3) is 0.409. The molecule has 0 aliphatic heterocycles. The number of hydrogen-bond donors (Lipinski definition) is 0. The Morgan fingerprint density at radius 3 is 2.27 bits per heavy atom. The molecule has 0 spiro atoms. The molecule has 0 aliphatic rings. The Labute approximate surface area is 180 Å². The third kappa shape index (κ3) is 4.96. The predicted octanol–water partition coefficient (Wildman–Crippen LogP) is 4.97. The lowest BCUT2D eigenvalue weighted by Gasteiger charge is -2.29. The van der Waals surface area contributed by atoms with Gasteiger partial charge in [0.05, 0.1) is 24.8 Å². The number of aryl methyl sites for hydroxylation is 1. The maximum absolute atomic E-state index is 14.3. The monoisotopic (exact) mass is 437 g/mol. The van der Waals surface area contributed by atoms with Crippen LogP contribution in [0.15, 0.2) is 18.2 Å². The lowest BCUT2D eigenvalue weighted by molar-refractivity contribution is -0.164. The molecule has 1 aromatic carbocycles. The standard InChI is InChI=1S/C22H25ClFNO5/c1-11-16(13-8-9-14(23)15(24)10-13)17(12(2)25-18(11)20(26)28-6)19(21(27)29-7)30-22(3,4)5/h8-10,19H,1-7H3. The summed E-state index contributed by atoms with van der Waals surface area (Å²) in [5.74, 6) is -1.93. The van der Waals surface area contributed by atoms with Crippen LogP contribution in [0.4, 0.5) is 4.39 Å². The van der Waals surface area contributed by atoms with Crippen LogP contribution in [0.25, 0.3) is 11.1 Å². The van der Waals surface area contributed by atoms with Crippen LogP contribution in [0, 0.1) is 19.7 Å². The van der Waals surface area contributed by atoms with Crippen molar-refractivity contribution in [1.29, 1.82) is 0 Å². The van der Waals surface area contributed by atoms with E-state index >= 15 is 0 Å². The van der Waals surface area contributed by atoms with Crippen molar-refractivity contribution >= 4 is 23.5 Å². The summed E-state index contributed by atoms with van der Waals surface area (Å²) in [7, 11) is 2.50. The lowest BCUT2D eigenvalue weighted by atomic mass is 9.89. The smallest absolute Gasteiger partial charge is 0.356 e. The number of hydrogen-bond acceptors (Lipinski definition) is 6. The number of carbonyl (C=O) groups excluding carboxylic acids is 2. The molecule has 0 amide bonds. The first-order chi connectivity index (χ1) is 13.9. The topological polar surface area (TPSA) is 74.7 Å². The van der Waals surface area contributed by atoms with Crippen molar-refractivity contribution in [2.75, 3.05) is 14.2 Å². The van der Waals surface area contributed by atoms with Crippen LogP contribution >= 0.6 is 11.6 Å². The maximum Gasteiger partial charge on any atom is 0.356 e. The van der Waals surface area contributed by atoms with Gasteiger partial charge in [-0.05, 0) is 63.4 Å². The minimum Gasteiger partial charge on any atom is -0.467 e. The molecule has 8 heteroatoms. The Hall–Kier alpha value is -2.51. The number of nitrogens with zero attached hydrogens (tertiary/aromatic N) is 1. The number of carbonyl (C=O) groups is 2. The molecule has 0 radical (unpaired) electrons. The summed E-state index contributed by atoms with van der Waals surface area (Å²) < 4.78 is 30.1. The molecule has 2 rings (SSSR count). The van der Waals surface area contributed by atoms with Gasteiger partial charge in [0, 0.05) is 11.3 Å². The van der Waals surface area contributed by atoms with Gasteiger partial charge in [-0.1, -0.05) is 17.7 Å². The zero-order valence-corrected chi connectivity index (χ0v) is 18.8. The minimum absolute atomic E-state index is 0.0487. The van der Waals surface area contributed by atoms with Gasteiger partial charge in [-0.15, -0.1) is 0 Å². The average Bonchev–Trinajstić information content (AvgIpc) is 2.67. The summed E-state index contributed by atoms with van der Waals surface area (Å²) in [5, 5.41) is -0.0487. The highest BCUT2D eigenvalue weighted by atomic mass is 35.5. The molecule has 0 aliphatic carbocycles. The van der Waals surface area contributed by atoms with Crippen molar-refractivity contribution in [3.8, 4) is 11.1 Å². The number of benzene rings is 1. The van der Waals surface area contributed by atoms with Crippen molar-refractivity contribution in [3.05, 3.63) is 51.6 Å². The van der Waals surface area contributed by atoms with E-state index in [1.54, 1.807) is 40.7 Å². The number of halogens is 2. The summed E-state index contributed by atoms with van der Waals surface area (Å²) >= 11 is 5.85. The third-order valence-corrected chi connectivity index (χ3v) is 4.71. The normalized spacial score (nSPS) is 12.4. The molecule has 1 heterocycles. The number of aromatic nitrogens is 1. The Morgan fingerprint density at radius 1 is 1.13 bits per heavy atom. The van der Waals surface area contributed by atoms with Crippen LogP contribution in [0.1, 0.15) is 54.2 Å². The lowest BCUT2D eigenvalue weighted by Crippen LogP contribution is -2.30. The highest BCUT2D eigenvalue weighted by Crippen LogP contribution is 2.39. The first-order valence-electron chi connectivity index (χ1n) is 9.21. The molecule has 1 atom stereocenters. The fourth-order valence-corrected chi connectivity index (χ4v) is 3.26. The van der Waals surface area contributed by atoms with Crippen LogP contribution in [0.3, 0.4) is 0 Å². The van der Waals surface area contributed by atoms with E-state index in [0.29, 0.717) is 27.9 Å². The van der Waals surface area contributed by atoms with Crippen molar-refractivity contribution in [1.82, 2.24) is 4.98 Å². The summed E-state index contributed by atoms with van der Waals surface area (Å²) in [5.41, 5.74) is 1.33. The fourth-order valence-electron chi connectivity index (χ4n) is 3.14. The van der Waals surface area contributed by atoms with Crippen molar-refractivity contribution in [2.24, 2.45) is 0 Å². The van der Waals surface area contributed by atoms with Gasteiger partial charge >= 0.3 is 11.9 Å². The van der Waals surface area contributed by atoms with Crippen LogP contribution in [0.2, 0.25) is 5.02 Å². The first-order valence-corrected chi connectivity index (χ1v) is 9.59. The van der Waals surface area contributed by atoms with Crippen molar-refractivity contribution in [2.45, 2.75) is 46.3 Å². The van der Waals surface area contributed by atoms with Crippen LogP contribution in [-0.2, 0) is 19.0 Å².